The van der Waals surface area contributed by atoms with E-state index in [-0.39, 0.29) is 5.82 Å². The van der Waals surface area contributed by atoms with E-state index in [4.69, 9.17) is 10.6 Å². The third-order valence-corrected chi connectivity index (χ3v) is 2.38. The van der Waals surface area contributed by atoms with Gasteiger partial charge in [-0.1, -0.05) is 6.07 Å². The number of ether oxygens (including phenoxy) is 1. The molecule has 0 spiro atoms. The van der Waals surface area contributed by atoms with Gasteiger partial charge in [-0.15, -0.1) is 0 Å². The van der Waals surface area contributed by atoms with E-state index in [0.29, 0.717) is 42.9 Å². The van der Waals surface area contributed by atoms with Crippen LogP contribution in [0.4, 0.5) is 4.39 Å². The van der Waals surface area contributed by atoms with E-state index in [1.165, 1.54) is 0 Å². The number of nitrogens with two attached hydrogens (primary N) is 1. The fourth-order valence-electron chi connectivity index (χ4n) is 1.65. The molecule has 2 N–H and O–H groups in total. The average molecular weight is 197 g/mol. The Morgan fingerprint density at radius 1 is 1.50 bits per heavy atom. The third kappa shape index (κ3) is 1.58. The molecule has 0 aliphatic carbocycles. The molecule has 76 valence electrons. The molecule has 0 saturated heterocycles. The van der Waals surface area contributed by atoms with Crippen molar-refractivity contribution in [2.75, 3.05) is 13.2 Å². The molecule has 0 fully saturated rings. The summed E-state index contributed by atoms with van der Waals surface area (Å²) < 4.78 is 19.0. The highest BCUT2D eigenvalue weighted by Gasteiger charge is 2.18. The summed E-state index contributed by atoms with van der Waals surface area (Å²) in [6.45, 7) is 0.902. The van der Waals surface area contributed by atoms with Crippen LogP contribution in [0.2, 0.25) is 0 Å². The lowest BCUT2D eigenvalue weighted by atomic mass is 10.1. The van der Waals surface area contributed by atoms with Gasteiger partial charge in [-0.2, -0.15) is 0 Å². The minimum Gasteiger partial charge on any atom is -0.493 e. The van der Waals surface area contributed by atoms with Crippen LogP contribution >= 0.6 is 0 Å². The monoisotopic (exact) mass is 197 g/mol. The molecule has 1 aromatic carbocycles. The molecule has 0 aromatic heterocycles. The third-order valence-electron chi connectivity index (χ3n) is 2.38. The standard InChI is InChI=1S/C10H12FNO2/c11-10-7(3-6-14-12)1-2-9-8(10)4-5-13-9/h1-2H,3-6,12H2. The molecule has 1 heterocycles. The van der Waals surface area contributed by atoms with Crippen LogP contribution < -0.4 is 10.6 Å². The van der Waals surface area contributed by atoms with Crippen LogP contribution in [-0.2, 0) is 17.7 Å². The number of hydrogen-bond donors (Lipinski definition) is 1. The highest BCUT2D eigenvalue weighted by molar-refractivity contribution is 5.41. The smallest absolute Gasteiger partial charge is 0.133 e. The van der Waals surface area contributed by atoms with E-state index in [9.17, 15) is 4.39 Å². The zero-order chi connectivity index (χ0) is 9.97. The van der Waals surface area contributed by atoms with Crippen molar-refractivity contribution in [1.82, 2.24) is 0 Å². The van der Waals surface area contributed by atoms with Gasteiger partial charge in [0.25, 0.3) is 0 Å². The summed E-state index contributed by atoms with van der Waals surface area (Å²) in [5.74, 6) is 5.39. The summed E-state index contributed by atoms with van der Waals surface area (Å²) in [6.07, 6.45) is 1.15. The number of rotatable bonds is 3. The van der Waals surface area contributed by atoms with Crippen LogP contribution in [0.3, 0.4) is 0 Å². The van der Waals surface area contributed by atoms with E-state index >= 15 is 0 Å². The van der Waals surface area contributed by atoms with Gasteiger partial charge in [0.2, 0.25) is 0 Å². The van der Waals surface area contributed by atoms with E-state index in [0.717, 1.165) is 0 Å². The number of halogens is 1. The van der Waals surface area contributed by atoms with Gasteiger partial charge in [-0.3, -0.25) is 0 Å². The summed E-state index contributed by atoms with van der Waals surface area (Å²) in [5, 5.41) is 0. The Hall–Kier alpha value is -1.13. The lowest BCUT2D eigenvalue weighted by Gasteiger charge is -2.05. The predicted octanol–water partition coefficient (Wildman–Crippen LogP) is 1.19. The fraction of sp³-hybridized carbons (Fsp3) is 0.400. The first kappa shape index (κ1) is 9.43. The molecule has 1 aliphatic heterocycles. The Labute approximate surface area is 81.6 Å². The van der Waals surface area contributed by atoms with Crippen molar-refractivity contribution in [2.45, 2.75) is 12.8 Å². The predicted molar refractivity (Wildman–Crippen MR) is 49.4 cm³/mol. The average Bonchev–Trinajstić information content (AvgIpc) is 2.66. The molecule has 3 nitrogen and oxygen atoms in total. The molecule has 1 aromatic rings. The van der Waals surface area contributed by atoms with Crippen molar-refractivity contribution in [2.24, 2.45) is 5.90 Å². The second-order valence-electron chi connectivity index (χ2n) is 3.23. The van der Waals surface area contributed by atoms with Crippen LogP contribution in [0.1, 0.15) is 11.1 Å². The van der Waals surface area contributed by atoms with Crippen LogP contribution in [-0.4, -0.2) is 13.2 Å². The first-order valence-corrected chi connectivity index (χ1v) is 4.57. The fourth-order valence-corrected chi connectivity index (χ4v) is 1.65. The number of hydrogen-bond acceptors (Lipinski definition) is 3. The molecule has 2 rings (SSSR count). The van der Waals surface area contributed by atoms with Gasteiger partial charge in [0.15, 0.2) is 0 Å². The largest absolute Gasteiger partial charge is 0.493 e. The van der Waals surface area contributed by atoms with Gasteiger partial charge in [-0.25, -0.2) is 10.3 Å². The Kier molecular flexibility index (Phi) is 2.65. The van der Waals surface area contributed by atoms with E-state index < -0.39 is 0 Å². The zero-order valence-electron chi connectivity index (χ0n) is 7.75. The minimum absolute atomic E-state index is 0.169. The van der Waals surface area contributed by atoms with Gasteiger partial charge in [-0.05, 0) is 11.6 Å². The number of benzene rings is 1. The molecule has 4 heteroatoms. The molecule has 0 atom stereocenters. The van der Waals surface area contributed by atoms with Crippen molar-refractivity contribution in [1.29, 1.82) is 0 Å². The first-order chi connectivity index (χ1) is 6.83. The van der Waals surface area contributed by atoms with Gasteiger partial charge in [0.1, 0.15) is 11.6 Å². The molecule has 0 bridgehead atoms. The van der Waals surface area contributed by atoms with Crippen molar-refractivity contribution >= 4 is 0 Å². The van der Waals surface area contributed by atoms with Crippen LogP contribution in [0.5, 0.6) is 5.75 Å². The quantitative estimate of drug-likeness (QED) is 0.740. The molecular formula is C10H12FNO2. The molecule has 0 saturated carbocycles. The van der Waals surface area contributed by atoms with Gasteiger partial charge in [0, 0.05) is 18.4 Å². The molecular weight excluding hydrogens is 185 g/mol. The Morgan fingerprint density at radius 2 is 2.36 bits per heavy atom. The van der Waals surface area contributed by atoms with Gasteiger partial charge < -0.3 is 9.57 Å². The Morgan fingerprint density at radius 3 is 3.14 bits per heavy atom. The topological polar surface area (TPSA) is 44.5 Å². The van der Waals surface area contributed by atoms with Crippen LogP contribution in [0, 0.1) is 5.82 Å². The lowest BCUT2D eigenvalue weighted by Crippen LogP contribution is -2.05. The van der Waals surface area contributed by atoms with Crippen LogP contribution in [0.25, 0.3) is 0 Å². The maximum absolute atomic E-state index is 13.7. The zero-order valence-corrected chi connectivity index (χ0v) is 7.75. The molecule has 14 heavy (non-hydrogen) atoms. The van der Waals surface area contributed by atoms with E-state index in [2.05, 4.69) is 4.84 Å². The van der Waals surface area contributed by atoms with Crippen molar-refractivity contribution in [3.8, 4) is 5.75 Å². The lowest BCUT2D eigenvalue weighted by molar-refractivity contribution is 0.140. The van der Waals surface area contributed by atoms with Crippen molar-refractivity contribution < 1.29 is 14.0 Å². The normalized spacial score (nSPS) is 13.9. The summed E-state index contributed by atoms with van der Waals surface area (Å²) in [4.78, 5) is 4.42. The molecule has 0 unspecified atom stereocenters. The summed E-state index contributed by atoms with van der Waals surface area (Å²) in [6, 6.07) is 3.52. The summed E-state index contributed by atoms with van der Waals surface area (Å²) >= 11 is 0. The highest BCUT2D eigenvalue weighted by Crippen LogP contribution is 2.29. The maximum Gasteiger partial charge on any atom is 0.133 e. The molecule has 0 amide bonds. The second kappa shape index (κ2) is 3.94. The van der Waals surface area contributed by atoms with Gasteiger partial charge in [0.05, 0.1) is 13.2 Å². The maximum atomic E-state index is 13.7. The van der Waals surface area contributed by atoms with E-state index in [1.54, 1.807) is 12.1 Å². The highest BCUT2D eigenvalue weighted by atomic mass is 19.1. The van der Waals surface area contributed by atoms with E-state index in [1.807, 2.05) is 0 Å². The minimum atomic E-state index is -0.169. The van der Waals surface area contributed by atoms with Gasteiger partial charge >= 0.3 is 0 Å². The molecule has 0 radical (unpaired) electrons. The van der Waals surface area contributed by atoms with Crippen molar-refractivity contribution in [3.63, 3.8) is 0 Å². The summed E-state index contributed by atoms with van der Waals surface area (Å²) in [5.41, 5.74) is 1.32. The first-order valence-electron chi connectivity index (χ1n) is 4.57. The molecule has 1 aliphatic rings. The van der Waals surface area contributed by atoms with Crippen LogP contribution in [0.15, 0.2) is 12.1 Å². The number of fused-ring (bicyclic) bond motifs is 1. The SMILES string of the molecule is NOCCc1ccc2c(c1F)CCO2. The second-order valence-corrected chi connectivity index (χ2v) is 3.23. The Balaban J connectivity index is 2.26. The van der Waals surface area contributed by atoms with Crippen molar-refractivity contribution in [3.05, 3.63) is 29.1 Å². The Bertz CT molecular complexity index is 341. The summed E-state index contributed by atoms with van der Waals surface area (Å²) in [7, 11) is 0.